The van der Waals surface area contributed by atoms with E-state index in [0.717, 1.165) is 42.1 Å². The Bertz CT molecular complexity index is 971. The van der Waals surface area contributed by atoms with Gasteiger partial charge in [0.15, 0.2) is 0 Å². The van der Waals surface area contributed by atoms with E-state index >= 15 is 0 Å². The van der Waals surface area contributed by atoms with Gasteiger partial charge in [0.05, 0.1) is 18.5 Å². The quantitative estimate of drug-likeness (QED) is 0.531. The van der Waals surface area contributed by atoms with Gasteiger partial charge in [-0.1, -0.05) is 58.9 Å². The summed E-state index contributed by atoms with van der Waals surface area (Å²) in [5.41, 5.74) is 1.38. The van der Waals surface area contributed by atoms with Crippen molar-refractivity contribution in [2.45, 2.75) is 57.0 Å². The van der Waals surface area contributed by atoms with Crippen molar-refractivity contribution in [2.75, 3.05) is 4.90 Å². The Morgan fingerprint density at radius 1 is 1.00 bits per heavy atom. The van der Waals surface area contributed by atoms with Crippen LogP contribution in [0.3, 0.4) is 0 Å². The monoisotopic (exact) mass is 502 g/mol. The third-order valence-corrected chi connectivity index (χ3v) is 6.85. The Balaban J connectivity index is 1.60. The molecule has 1 unspecified atom stereocenters. The zero-order valence-corrected chi connectivity index (χ0v) is 19.4. The molecular formula is C24H24BrClN2O3. The molecule has 2 aromatic carbocycles. The van der Waals surface area contributed by atoms with Crippen LogP contribution in [-0.4, -0.2) is 34.7 Å². The van der Waals surface area contributed by atoms with Crippen LogP contribution in [0.4, 0.5) is 5.69 Å². The van der Waals surface area contributed by atoms with Gasteiger partial charge in [0, 0.05) is 15.5 Å². The fourth-order valence-electron chi connectivity index (χ4n) is 4.55. The van der Waals surface area contributed by atoms with Gasteiger partial charge in [0.25, 0.3) is 5.91 Å². The van der Waals surface area contributed by atoms with Crippen molar-refractivity contribution in [3.8, 4) is 0 Å². The molecule has 2 fully saturated rings. The summed E-state index contributed by atoms with van der Waals surface area (Å²) in [6.07, 6.45) is 5.13. The third kappa shape index (κ3) is 4.85. The van der Waals surface area contributed by atoms with E-state index in [1.807, 2.05) is 12.1 Å². The zero-order chi connectivity index (χ0) is 22.0. The number of benzene rings is 2. The Labute approximate surface area is 195 Å². The minimum Gasteiger partial charge on any atom is -0.327 e. The lowest BCUT2D eigenvalue weighted by Gasteiger charge is -2.37. The first-order chi connectivity index (χ1) is 14.9. The van der Waals surface area contributed by atoms with E-state index in [1.54, 1.807) is 41.3 Å². The maximum atomic E-state index is 13.4. The number of hydrogen-bond donors (Lipinski definition) is 0. The van der Waals surface area contributed by atoms with Crippen LogP contribution in [0.1, 0.15) is 44.1 Å². The minimum atomic E-state index is -0.751. The molecule has 0 bridgehead atoms. The first-order valence-electron chi connectivity index (χ1n) is 10.6. The molecule has 1 aliphatic carbocycles. The predicted molar refractivity (Wildman–Crippen MR) is 124 cm³/mol. The van der Waals surface area contributed by atoms with E-state index in [9.17, 15) is 14.4 Å². The smallest absolute Gasteiger partial charge is 0.257 e. The standard InChI is InChI=1S/C24H24BrClN2O3/c25-17-8-12-20(13-9-17)28-23(30)15-21(24(28)31)27(19-4-2-1-3-5-19)22(29)14-16-6-10-18(26)11-7-16/h6-13,19,21H,1-5,14-15H2. The number of imide groups is 1. The normalized spacial score (nSPS) is 19.7. The average molecular weight is 504 g/mol. The van der Waals surface area contributed by atoms with E-state index in [1.165, 1.54) is 4.90 Å². The molecule has 4 rings (SSSR count). The number of carbonyl (C=O) groups is 3. The molecule has 0 radical (unpaired) electrons. The molecule has 0 N–H and O–H groups in total. The van der Waals surface area contributed by atoms with Gasteiger partial charge in [-0.2, -0.15) is 0 Å². The molecule has 5 nitrogen and oxygen atoms in total. The highest BCUT2D eigenvalue weighted by Gasteiger charge is 2.46. The molecule has 0 aromatic heterocycles. The molecule has 7 heteroatoms. The lowest BCUT2D eigenvalue weighted by molar-refractivity contribution is -0.141. The van der Waals surface area contributed by atoms with Crippen LogP contribution in [0.2, 0.25) is 5.02 Å². The summed E-state index contributed by atoms with van der Waals surface area (Å²) in [5.74, 6) is -0.696. The Hall–Kier alpha value is -2.18. The van der Waals surface area contributed by atoms with Crippen LogP contribution < -0.4 is 4.90 Å². The van der Waals surface area contributed by atoms with E-state index < -0.39 is 6.04 Å². The number of carbonyl (C=O) groups excluding carboxylic acids is 3. The molecular weight excluding hydrogens is 480 g/mol. The molecule has 2 aromatic rings. The summed E-state index contributed by atoms with van der Waals surface area (Å²) in [6, 6.07) is 13.5. The molecule has 162 valence electrons. The first-order valence-corrected chi connectivity index (χ1v) is 11.8. The number of hydrogen-bond acceptors (Lipinski definition) is 3. The summed E-state index contributed by atoms with van der Waals surface area (Å²) in [6.45, 7) is 0. The second-order valence-corrected chi connectivity index (χ2v) is 9.51. The van der Waals surface area contributed by atoms with Gasteiger partial charge in [-0.05, 0) is 54.8 Å². The predicted octanol–water partition coefficient (Wildman–Crippen LogP) is 5.14. The summed E-state index contributed by atoms with van der Waals surface area (Å²) in [5, 5.41) is 0.613. The van der Waals surface area contributed by atoms with E-state index in [-0.39, 0.29) is 36.6 Å². The Kier molecular flexibility index (Phi) is 6.77. The number of anilines is 1. The Morgan fingerprint density at radius 3 is 2.29 bits per heavy atom. The van der Waals surface area contributed by atoms with Crippen LogP contribution in [0.25, 0.3) is 0 Å². The number of halogens is 2. The van der Waals surface area contributed by atoms with Crippen molar-refractivity contribution >= 4 is 50.9 Å². The minimum absolute atomic E-state index is 0.0137. The third-order valence-electron chi connectivity index (χ3n) is 6.07. The van der Waals surface area contributed by atoms with Crippen molar-refractivity contribution < 1.29 is 14.4 Å². The topological polar surface area (TPSA) is 57.7 Å². The number of amides is 3. The van der Waals surface area contributed by atoms with Crippen LogP contribution >= 0.6 is 27.5 Å². The van der Waals surface area contributed by atoms with E-state index in [4.69, 9.17) is 11.6 Å². The number of rotatable bonds is 5. The molecule has 2 aliphatic rings. The second-order valence-electron chi connectivity index (χ2n) is 8.16. The van der Waals surface area contributed by atoms with E-state index in [0.29, 0.717) is 10.7 Å². The van der Waals surface area contributed by atoms with Crippen LogP contribution in [-0.2, 0) is 20.8 Å². The van der Waals surface area contributed by atoms with Gasteiger partial charge in [0.2, 0.25) is 11.8 Å². The molecule has 1 saturated carbocycles. The molecule has 1 saturated heterocycles. The van der Waals surface area contributed by atoms with Gasteiger partial charge in [-0.15, -0.1) is 0 Å². The fourth-order valence-corrected chi connectivity index (χ4v) is 4.94. The highest BCUT2D eigenvalue weighted by Crippen LogP contribution is 2.32. The molecule has 1 aliphatic heterocycles. The molecule has 3 amide bonds. The fraction of sp³-hybridized carbons (Fsp3) is 0.375. The molecule has 31 heavy (non-hydrogen) atoms. The highest BCUT2D eigenvalue weighted by atomic mass is 79.9. The van der Waals surface area contributed by atoms with Crippen LogP contribution in [0, 0.1) is 0 Å². The largest absolute Gasteiger partial charge is 0.327 e. The molecule has 1 atom stereocenters. The van der Waals surface area contributed by atoms with Crippen LogP contribution in [0.15, 0.2) is 53.0 Å². The average Bonchev–Trinajstić information content (AvgIpc) is 3.05. The number of nitrogens with zero attached hydrogens (tertiary/aromatic N) is 2. The van der Waals surface area contributed by atoms with Gasteiger partial charge < -0.3 is 4.90 Å². The summed E-state index contributed by atoms with van der Waals surface area (Å²) < 4.78 is 0.869. The second kappa shape index (κ2) is 9.53. The van der Waals surface area contributed by atoms with Crippen LogP contribution in [0.5, 0.6) is 0 Å². The van der Waals surface area contributed by atoms with Crippen molar-refractivity contribution in [1.82, 2.24) is 4.90 Å². The van der Waals surface area contributed by atoms with Gasteiger partial charge in [-0.3, -0.25) is 14.4 Å². The molecule has 1 heterocycles. The highest BCUT2D eigenvalue weighted by molar-refractivity contribution is 9.10. The zero-order valence-electron chi connectivity index (χ0n) is 17.1. The molecule has 0 spiro atoms. The summed E-state index contributed by atoms with van der Waals surface area (Å²) >= 11 is 9.35. The van der Waals surface area contributed by atoms with Crippen molar-refractivity contribution in [3.05, 3.63) is 63.6 Å². The van der Waals surface area contributed by atoms with Gasteiger partial charge in [-0.25, -0.2) is 4.90 Å². The first kappa shape index (κ1) is 22.0. The van der Waals surface area contributed by atoms with Crippen molar-refractivity contribution in [3.63, 3.8) is 0 Å². The SMILES string of the molecule is O=C1CC(N(C(=O)Cc2ccc(Cl)cc2)C2CCCCC2)C(=O)N1c1ccc(Br)cc1. The van der Waals surface area contributed by atoms with Gasteiger partial charge in [0.1, 0.15) is 6.04 Å². The lowest BCUT2D eigenvalue weighted by atomic mass is 9.92. The van der Waals surface area contributed by atoms with Crippen molar-refractivity contribution in [2.24, 2.45) is 0 Å². The summed E-state index contributed by atoms with van der Waals surface area (Å²) in [7, 11) is 0. The van der Waals surface area contributed by atoms with Crippen molar-refractivity contribution in [1.29, 1.82) is 0 Å². The Morgan fingerprint density at radius 2 is 1.65 bits per heavy atom. The lowest BCUT2D eigenvalue weighted by Crippen LogP contribution is -2.51. The maximum absolute atomic E-state index is 13.4. The maximum Gasteiger partial charge on any atom is 0.257 e. The summed E-state index contributed by atoms with van der Waals surface area (Å²) in [4.78, 5) is 42.6. The van der Waals surface area contributed by atoms with E-state index in [2.05, 4.69) is 15.9 Å². The van der Waals surface area contributed by atoms with Gasteiger partial charge >= 0.3 is 0 Å².